The smallest absolute Gasteiger partial charge is 0.324 e. The molecule has 1 heterocycles. The van der Waals surface area contributed by atoms with Crippen molar-refractivity contribution in [1.29, 1.82) is 0 Å². The number of aryl methyl sites for hydroxylation is 3. The van der Waals surface area contributed by atoms with E-state index in [1.807, 2.05) is 0 Å². The third-order valence-corrected chi connectivity index (χ3v) is 10.2. The molecule has 1 aliphatic rings. The van der Waals surface area contributed by atoms with E-state index in [2.05, 4.69) is 220 Å². The number of para-hydroxylation sites is 1. The minimum Gasteiger partial charge on any atom is -0.324 e. The summed E-state index contributed by atoms with van der Waals surface area (Å²) in [5.41, 5.74) is 16.1. The first-order chi connectivity index (χ1) is 26.1. The van der Waals surface area contributed by atoms with Gasteiger partial charge in [0.25, 0.3) is 0 Å². The van der Waals surface area contributed by atoms with Gasteiger partial charge in [0, 0.05) is 0 Å². The fourth-order valence-corrected chi connectivity index (χ4v) is 8.05. The molecule has 1 unspecified atom stereocenters. The minimum absolute atomic E-state index is 0.333. The van der Waals surface area contributed by atoms with Crippen molar-refractivity contribution in [2.45, 2.75) is 26.8 Å². The molecule has 53 heavy (non-hydrogen) atoms. The van der Waals surface area contributed by atoms with E-state index in [4.69, 9.17) is 4.76 Å². The number of hydrogen-bond donors (Lipinski definition) is 0. The van der Waals surface area contributed by atoms with Crippen LogP contribution in [-0.4, -0.2) is 6.92 Å². The molecule has 0 amide bonds. The van der Waals surface area contributed by atoms with Gasteiger partial charge in [0.15, 0.2) is 0 Å². The molecule has 0 spiro atoms. The summed E-state index contributed by atoms with van der Waals surface area (Å²) in [6.45, 7) is 6.16. The van der Waals surface area contributed by atoms with Crippen LogP contribution < -0.4 is 10.5 Å². The van der Waals surface area contributed by atoms with Crippen molar-refractivity contribution < 1.29 is 4.76 Å². The quantitative estimate of drug-likeness (QED) is 0.155. The Morgan fingerprint density at radius 2 is 0.868 bits per heavy atom. The highest BCUT2D eigenvalue weighted by Crippen LogP contribution is 2.51. The van der Waals surface area contributed by atoms with E-state index in [-0.39, 0.29) is 6.04 Å². The maximum atomic E-state index is 7.83. The Kier molecular flexibility index (Phi) is 9.75. The van der Waals surface area contributed by atoms with Crippen LogP contribution in [0.15, 0.2) is 194 Å². The molecule has 8 rings (SSSR count). The fourth-order valence-electron chi connectivity index (χ4n) is 8.05. The summed E-state index contributed by atoms with van der Waals surface area (Å²) in [5, 5.41) is 2.19. The van der Waals surface area contributed by atoms with Crippen LogP contribution in [0.25, 0.3) is 22.2 Å². The van der Waals surface area contributed by atoms with Crippen molar-refractivity contribution in [3.8, 4) is 0 Å². The Morgan fingerprint density at radius 1 is 0.453 bits per heavy atom. The number of benzene rings is 7. The highest BCUT2D eigenvalue weighted by molar-refractivity contribution is 6.88. The average Bonchev–Trinajstić information content (AvgIpc) is 3.20. The maximum Gasteiger partial charge on any atom is 0.397 e. The molecule has 0 saturated carbocycles. The second-order valence-corrected chi connectivity index (χ2v) is 13.8. The van der Waals surface area contributed by atoms with Crippen LogP contribution in [0.1, 0.15) is 50.5 Å². The number of rotatable bonds is 7. The van der Waals surface area contributed by atoms with E-state index >= 15 is 0 Å². The SMILES string of the molecule is Cc1cc(C)c(B2ON(c3ccccc3)C(c3ccccc3)/C(c3ccccc3)=C(c3ccccc3)\C(c3ccccc3)=C/2c2ccccc2)c(C)c1. The van der Waals surface area contributed by atoms with Gasteiger partial charge in [-0.3, -0.25) is 5.06 Å². The number of hydrogen-bond acceptors (Lipinski definition) is 2. The number of anilines is 1. The van der Waals surface area contributed by atoms with Gasteiger partial charge in [0.2, 0.25) is 0 Å². The van der Waals surface area contributed by atoms with E-state index in [1.54, 1.807) is 0 Å². The summed E-state index contributed by atoms with van der Waals surface area (Å²) >= 11 is 0. The van der Waals surface area contributed by atoms with Gasteiger partial charge in [-0.25, -0.2) is 0 Å². The van der Waals surface area contributed by atoms with E-state index in [0.717, 1.165) is 50.1 Å². The van der Waals surface area contributed by atoms with Gasteiger partial charge in [0.05, 0.1) is 5.69 Å². The predicted octanol–water partition coefficient (Wildman–Crippen LogP) is 11.8. The first-order valence-corrected chi connectivity index (χ1v) is 18.4. The summed E-state index contributed by atoms with van der Waals surface area (Å²) < 4.78 is 7.83. The van der Waals surface area contributed by atoms with Gasteiger partial charge in [-0.05, 0) is 88.4 Å². The Bertz CT molecular complexity index is 2350. The largest absolute Gasteiger partial charge is 0.397 e. The lowest BCUT2D eigenvalue weighted by atomic mass is 9.48. The van der Waals surface area contributed by atoms with Crippen molar-refractivity contribution in [2.75, 3.05) is 5.06 Å². The molecule has 0 bridgehead atoms. The summed E-state index contributed by atoms with van der Waals surface area (Å²) in [7, 11) is 0. The second kappa shape index (κ2) is 15.2. The summed E-state index contributed by atoms with van der Waals surface area (Å²) in [4.78, 5) is 0. The zero-order valence-electron chi connectivity index (χ0n) is 30.5. The van der Waals surface area contributed by atoms with Crippen LogP contribution in [0.5, 0.6) is 0 Å². The van der Waals surface area contributed by atoms with Crippen LogP contribution in [0.4, 0.5) is 5.69 Å². The number of hydroxylamine groups is 1. The van der Waals surface area contributed by atoms with Crippen LogP contribution in [-0.2, 0) is 4.76 Å². The van der Waals surface area contributed by atoms with Crippen molar-refractivity contribution in [2.24, 2.45) is 0 Å². The van der Waals surface area contributed by atoms with Crippen molar-refractivity contribution in [3.63, 3.8) is 0 Å². The molecule has 1 atom stereocenters. The molecule has 0 aliphatic carbocycles. The first-order valence-electron chi connectivity index (χ1n) is 18.4. The van der Waals surface area contributed by atoms with Gasteiger partial charge in [0.1, 0.15) is 6.04 Å². The van der Waals surface area contributed by atoms with Crippen LogP contribution >= 0.6 is 0 Å². The Hall–Kier alpha value is -6.16. The van der Waals surface area contributed by atoms with Gasteiger partial charge < -0.3 is 4.76 Å². The lowest BCUT2D eigenvalue weighted by Gasteiger charge is -2.42. The Morgan fingerprint density at radius 3 is 1.38 bits per heavy atom. The third-order valence-electron chi connectivity index (χ3n) is 10.2. The van der Waals surface area contributed by atoms with E-state index in [9.17, 15) is 0 Å². The molecule has 0 fully saturated rings. The van der Waals surface area contributed by atoms with E-state index in [1.165, 1.54) is 27.7 Å². The van der Waals surface area contributed by atoms with Gasteiger partial charge in [-0.1, -0.05) is 199 Å². The molecule has 7 aromatic carbocycles. The second-order valence-electron chi connectivity index (χ2n) is 13.8. The fraction of sp³-hybridized carbons (Fsp3) is 0.0800. The molecule has 0 aromatic heterocycles. The highest BCUT2D eigenvalue weighted by atomic mass is 16.6. The monoisotopic (exact) mass is 683 g/mol. The molecule has 0 radical (unpaired) electrons. The highest BCUT2D eigenvalue weighted by Gasteiger charge is 2.42. The lowest BCUT2D eigenvalue weighted by molar-refractivity contribution is 0.273. The topological polar surface area (TPSA) is 12.5 Å². The van der Waals surface area contributed by atoms with Crippen LogP contribution in [0.3, 0.4) is 0 Å². The number of nitrogens with zero attached hydrogens (tertiary/aromatic N) is 1. The zero-order chi connectivity index (χ0) is 36.1. The standard InChI is InChI=1S/C50H42BNO/c1-36-34-37(2)48(38(3)35-36)51-49(42-28-16-7-17-29-42)46(40-24-12-5-13-25-40)45(39-22-10-4-11-23-39)47(41-26-14-6-15-27-41)50(43-30-18-8-19-31-43)52(53-51)44-32-20-9-21-33-44/h4-35,50H,1-3H3/b47-45-,49-46-. The molecule has 256 valence electrons. The summed E-state index contributed by atoms with van der Waals surface area (Å²) in [5.74, 6) is 0. The molecule has 0 saturated heterocycles. The van der Waals surface area contributed by atoms with Gasteiger partial charge >= 0.3 is 6.92 Å². The number of allylic oxidation sites excluding steroid dienone is 2. The molecule has 0 N–H and O–H groups in total. The average molecular weight is 684 g/mol. The van der Waals surface area contributed by atoms with Gasteiger partial charge in [-0.15, -0.1) is 0 Å². The van der Waals surface area contributed by atoms with E-state index in [0.29, 0.717) is 0 Å². The molecule has 3 heteroatoms. The van der Waals surface area contributed by atoms with Crippen LogP contribution in [0.2, 0.25) is 0 Å². The summed E-state index contributed by atoms with van der Waals surface area (Å²) in [6, 6.07) is 69.3. The molecule has 1 aliphatic heterocycles. The van der Waals surface area contributed by atoms with Gasteiger partial charge in [-0.2, -0.15) is 0 Å². The van der Waals surface area contributed by atoms with Crippen molar-refractivity contribution >= 4 is 40.3 Å². The van der Waals surface area contributed by atoms with Crippen molar-refractivity contribution in [1.82, 2.24) is 0 Å². The lowest BCUT2D eigenvalue weighted by Crippen LogP contribution is -2.47. The minimum atomic E-state index is -0.476. The Labute approximate surface area is 314 Å². The first kappa shape index (κ1) is 34.0. The molecular formula is C50H42BNO. The molecule has 7 aromatic rings. The third kappa shape index (κ3) is 6.80. The molecule has 2 nitrogen and oxygen atoms in total. The van der Waals surface area contributed by atoms with Crippen molar-refractivity contribution in [3.05, 3.63) is 239 Å². The molecular weight excluding hydrogens is 641 g/mol. The maximum absolute atomic E-state index is 7.83. The zero-order valence-corrected chi connectivity index (χ0v) is 30.5. The Balaban J connectivity index is 1.65. The predicted molar refractivity (Wildman–Crippen MR) is 225 cm³/mol. The summed E-state index contributed by atoms with van der Waals surface area (Å²) in [6.07, 6.45) is 0. The van der Waals surface area contributed by atoms with E-state index < -0.39 is 6.92 Å². The van der Waals surface area contributed by atoms with Crippen LogP contribution in [0, 0.1) is 20.8 Å². The normalized spacial score (nSPS) is 17.7.